The third-order valence-corrected chi connectivity index (χ3v) is 4.07. The zero-order valence-electron chi connectivity index (χ0n) is 13.4. The minimum atomic E-state index is -0.166. The maximum absolute atomic E-state index is 12.3. The second-order valence-corrected chi connectivity index (χ2v) is 5.57. The maximum atomic E-state index is 12.3. The van der Waals surface area contributed by atoms with Gasteiger partial charge >= 0.3 is 0 Å². The lowest BCUT2D eigenvalue weighted by atomic mass is 10.0. The average molecular weight is 315 g/mol. The van der Waals surface area contributed by atoms with Crippen molar-refractivity contribution < 1.29 is 14.3 Å². The van der Waals surface area contributed by atoms with Gasteiger partial charge in [-0.3, -0.25) is 4.79 Å². The van der Waals surface area contributed by atoms with E-state index in [0.29, 0.717) is 23.6 Å². The first kappa shape index (κ1) is 15.4. The molecule has 0 aliphatic heterocycles. The van der Waals surface area contributed by atoms with Crippen LogP contribution in [0.3, 0.4) is 0 Å². The van der Waals surface area contributed by atoms with E-state index < -0.39 is 0 Å². The van der Waals surface area contributed by atoms with Crippen molar-refractivity contribution in [3.8, 4) is 11.5 Å². The summed E-state index contributed by atoms with van der Waals surface area (Å²) in [4.78, 5) is 20.2. The molecule has 1 aliphatic rings. The van der Waals surface area contributed by atoms with Crippen molar-refractivity contribution in [1.29, 1.82) is 0 Å². The molecule has 6 nitrogen and oxygen atoms in total. The number of rotatable bonds is 5. The second kappa shape index (κ2) is 6.73. The predicted octanol–water partition coefficient (Wildman–Crippen LogP) is 2.24. The van der Waals surface area contributed by atoms with Gasteiger partial charge in [0.25, 0.3) is 5.91 Å². The number of aromatic nitrogens is 2. The van der Waals surface area contributed by atoms with E-state index in [4.69, 9.17) is 9.47 Å². The molecule has 2 aromatic rings. The average Bonchev–Trinajstić information content (AvgIpc) is 3.01. The van der Waals surface area contributed by atoms with Gasteiger partial charge in [-0.05, 0) is 43.9 Å². The summed E-state index contributed by atoms with van der Waals surface area (Å²) in [5.74, 6) is 1.78. The predicted molar refractivity (Wildman–Crippen MR) is 85.9 cm³/mol. The Kier molecular flexibility index (Phi) is 4.50. The van der Waals surface area contributed by atoms with E-state index in [1.54, 1.807) is 32.4 Å². The molecule has 2 N–H and O–H groups in total. The smallest absolute Gasteiger partial charge is 0.251 e. The summed E-state index contributed by atoms with van der Waals surface area (Å²) < 4.78 is 10.4. The fourth-order valence-electron chi connectivity index (χ4n) is 2.84. The van der Waals surface area contributed by atoms with Crippen LogP contribution in [0.5, 0.6) is 11.5 Å². The van der Waals surface area contributed by atoms with Crippen molar-refractivity contribution in [3.05, 3.63) is 41.0 Å². The second-order valence-electron chi connectivity index (χ2n) is 5.57. The van der Waals surface area contributed by atoms with Crippen LogP contribution in [0.4, 0.5) is 0 Å². The number of imidazole rings is 1. The fourth-order valence-corrected chi connectivity index (χ4v) is 2.84. The van der Waals surface area contributed by atoms with E-state index in [-0.39, 0.29) is 5.91 Å². The van der Waals surface area contributed by atoms with Crippen LogP contribution in [-0.4, -0.2) is 30.1 Å². The first-order chi connectivity index (χ1) is 11.2. The molecule has 0 fully saturated rings. The van der Waals surface area contributed by atoms with Crippen LogP contribution in [0.1, 0.15) is 40.4 Å². The highest BCUT2D eigenvalue weighted by Crippen LogP contribution is 2.27. The number of nitrogens with one attached hydrogen (secondary N) is 2. The third-order valence-electron chi connectivity index (χ3n) is 4.07. The van der Waals surface area contributed by atoms with Gasteiger partial charge in [0.1, 0.15) is 5.82 Å². The minimum absolute atomic E-state index is 0.166. The lowest BCUT2D eigenvalue weighted by Crippen LogP contribution is -2.23. The molecular weight excluding hydrogens is 294 g/mol. The number of hydrogen-bond acceptors (Lipinski definition) is 4. The third kappa shape index (κ3) is 3.31. The summed E-state index contributed by atoms with van der Waals surface area (Å²) in [5, 5.41) is 2.88. The standard InChI is InChI=1S/C17H21N3O3/c1-22-14-8-7-11(9-15(14)23-2)17(21)18-10-16-19-12-5-3-4-6-13(12)20-16/h7-9H,3-6,10H2,1-2H3,(H,18,21)(H,19,20). The van der Waals surface area contributed by atoms with E-state index >= 15 is 0 Å². The molecule has 0 saturated heterocycles. The molecule has 23 heavy (non-hydrogen) atoms. The molecule has 1 aromatic heterocycles. The number of aryl methyl sites for hydroxylation is 2. The summed E-state index contributed by atoms with van der Waals surface area (Å²) >= 11 is 0. The van der Waals surface area contributed by atoms with E-state index in [0.717, 1.165) is 24.4 Å². The number of carbonyl (C=O) groups is 1. The maximum Gasteiger partial charge on any atom is 0.251 e. The lowest BCUT2D eigenvalue weighted by Gasteiger charge is -2.09. The Hall–Kier alpha value is -2.50. The summed E-state index contributed by atoms with van der Waals surface area (Å²) in [5.41, 5.74) is 2.89. The Morgan fingerprint density at radius 3 is 2.74 bits per heavy atom. The van der Waals surface area contributed by atoms with Crippen molar-refractivity contribution >= 4 is 5.91 Å². The molecule has 0 bridgehead atoms. The van der Waals surface area contributed by atoms with Gasteiger partial charge in [-0.1, -0.05) is 0 Å². The van der Waals surface area contributed by atoms with E-state index in [1.165, 1.54) is 18.5 Å². The van der Waals surface area contributed by atoms with Crippen LogP contribution in [-0.2, 0) is 19.4 Å². The minimum Gasteiger partial charge on any atom is -0.493 e. The zero-order chi connectivity index (χ0) is 16.2. The van der Waals surface area contributed by atoms with Gasteiger partial charge in [-0.25, -0.2) is 4.98 Å². The van der Waals surface area contributed by atoms with Crippen molar-refractivity contribution in [2.24, 2.45) is 0 Å². The van der Waals surface area contributed by atoms with E-state index in [2.05, 4.69) is 15.3 Å². The summed E-state index contributed by atoms with van der Waals surface area (Å²) in [7, 11) is 3.11. The number of benzene rings is 1. The van der Waals surface area contributed by atoms with Gasteiger partial charge in [0.15, 0.2) is 11.5 Å². The molecule has 0 atom stereocenters. The monoisotopic (exact) mass is 315 g/mol. The molecular formula is C17H21N3O3. The van der Waals surface area contributed by atoms with Gasteiger partial charge in [0.05, 0.1) is 26.5 Å². The summed E-state index contributed by atoms with van der Waals surface area (Å²) in [6.07, 6.45) is 4.46. The number of nitrogens with zero attached hydrogens (tertiary/aromatic N) is 1. The number of methoxy groups -OCH3 is 2. The number of ether oxygens (including phenoxy) is 2. The zero-order valence-corrected chi connectivity index (χ0v) is 13.4. The summed E-state index contributed by atoms with van der Waals surface area (Å²) in [6.45, 7) is 0.389. The molecule has 1 aromatic carbocycles. The molecule has 0 radical (unpaired) electrons. The van der Waals surface area contributed by atoms with Crippen LogP contribution in [0.15, 0.2) is 18.2 Å². The van der Waals surface area contributed by atoms with Crippen molar-refractivity contribution in [2.45, 2.75) is 32.2 Å². The number of carbonyl (C=O) groups excluding carboxylic acids is 1. The number of H-pyrrole nitrogens is 1. The molecule has 1 amide bonds. The molecule has 0 saturated carbocycles. The molecule has 0 unspecified atom stereocenters. The number of fused-ring (bicyclic) bond motifs is 1. The topological polar surface area (TPSA) is 76.2 Å². The van der Waals surface area contributed by atoms with Crippen molar-refractivity contribution in [3.63, 3.8) is 0 Å². The Balaban J connectivity index is 1.66. The molecule has 0 spiro atoms. The van der Waals surface area contributed by atoms with Crippen LogP contribution in [0.25, 0.3) is 0 Å². The highest BCUT2D eigenvalue weighted by molar-refractivity contribution is 5.94. The number of hydrogen-bond donors (Lipinski definition) is 2. The Morgan fingerprint density at radius 2 is 2.00 bits per heavy atom. The quantitative estimate of drug-likeness (QED) is 0.887. The molecule has 1 heterocycles. The Bertz CT molecular complexity index is 686. The first-order valence-electron chi connectivity index (χ1n) is 7.78. The van der Waals surface area contributed by atoms with Gasteiger partial charge in [0, 0.05) is 11.3 Å². The molecule has 6 heteroatoms. The number of aromatic amines is 1. The Labute approximate surface area is 135 Å². The lowest BCUT2D eigenvalue weighted by molar-refractivity contribution is 0.0949. The molecule has 122 valence electrons. The van der Waals surface area contributed by atoms with Crippen LogP contribution >= 0.6 is 0 Å². The fraction of sp³-hybridized carbons (Fsp3) is 0.412. The largest absolute Gasteiger partial charge is 0.493 e. The highest BCUT2D eigenvalue weighted by Gasteiger charge is 2.15. The molecule has 3 rings (SSSR count). The van der Waals surface area contributed by atoms with Gasteiger partial charge < -0.3 is 19.8 Å². The van der Waals surface area contributed by atoms with Crippen LogP contribution in [0, 0.1) is 0 Å². The van der Waals surface area contributed by atoms with Gasteiger partial charge in [0.2, 0.25) is 0 Å². The van der Waals surface area contributed by atoms with Gasteiger partial charge in [-0.2, -0.15) is 0 Å². The number of amides is 1. The highest BCUT2D eigenvalue weighted by atomic mass is 16.5. The Morgan fingerprint density at radius 1 is 1.22 bits per heavy atom. The summed E-state index contributed by atoms with van der Waals surface area (Å²) in [6, 6.07) is 5.10. The molecule has 1 aliphatic carbocycles. The first-order valence-corrected chi connectivity index (χ1v) is 7.78. The van der Waals surface area contributed by atoms with Crippen LogP contribution < -0.4 is 14.8 Å². The van der Waals surface area contributed by atoms with Gasteiger partial charge in [-0.15, -0.1) is 0 Å². The van der Waals surface area contributed by atoms with E-state index in [9.17, 15) is 4.79 Å². The normalized spacial score (nSPS) is 13.3. The van der Waals surface area contributed by atoms with Crippen molar-refractivity contribution in [1.82, 2.24) is 15.3 Å². The SMILES string of the molecule is COc1ccc(C(=O)NCc2nc3c([nH]2)CCCC3)cc1OC. The van der Waals surface area contributed by atoms with Crippen molar-refractivity contribution in [2.75, 3.05) is 14.2 Å². The van der Waals surface area contributed by atoms with Crippen LogP contribution in [0.2, 0.25) is 0 Å². The van der Waals surface area contributed by atoms with E-state index in [1.807, 2.05) is 0 Å².